The third kappa shape index (κ3) is 2.35. The summed E-state index contributed by atoms with van der Waals surface area (Å²) in [5.41, 5.74) is 4.30. The van der Waals surface area contributed by atoms with E-state index in [-0.39, 0.29) is 17.8 Å². The molecule has 0 aromatic heterocycles. The van der Waals surface area contributed by atoms with Gasteiger partial charge in [0.25, 0.3) is 0 Å². The summed E-state index contributed by atoms with van der Waals surface area (Å²) >= 11 is 2.51. The van der Waals surface area contributed by atoms with Crippen LogP contribution in [0.1, 0.15) is 13.8 Å². The number of nitrogens with two attached hydrogens (primary N) is 1. The van der Waals surface area contributed by atoms with Crippen molar-refractivity contribution in [1.82, 2.24) is 4.90 Å². The molecule has 2 aliphatic heterocycles. The minimum atomic E-state index is -1.13. The highest BCUT2D eigenvalue weighted by molar-refractivity contribution is 8.19. The number of thioether (sulfide) groups is 2. The molecule has 1 amide bonds. The van der Waals surface area contributed by atoms with Crippen LogP contribution in [0.25, 0.3) is 0 Å². The van der Waals surface area contributed by atoms with E-state index in [2.05, 4.69) is 0 Å². The summed E-state index contributed by atoms with van der Waals surface area (Å²) in [5, 5.41) is 19.2. The molecule has 2 heterocycles. The first-order chi connectivity index (χ1) is 8.73. The fraction of sp³-hybridized carbons (Fsp3) is 0.818. The van der Waals surface area contributed by atoms with E-state index in [0.717, 1.165) is 0 Å². The number of hydrogen-bond donors (Lipinski definition) is 3. The summed E-state index contributed by atoms with van der Waals surface area (Å²) in [6.45, 7) is 3.74. The Labute approximate surface area is 120 Å². The van der Waals surface area contributed by atoms with E-state index in [1.165, 1.54) is 23.5 Å². The molecular weight excluding hydrogens is 288 g/mol. The van der Waals surface area contributed by atoms with Crippen LogP contribution in [0.2, 0.25) is 0 Å². The van der Waals surface area contributed by atoms with Crippen LogP contribution in [-0.4, -0.2) is 60.9 Å². The van der Waals surface area contributed by atoms with Gasteiger partial charge in [0, 0.05) is 12.3 Å². The van der Waals surface area contributed by atoms with Crippen molar-refractivity contribution >= 4 is 35.4 Å². The maximum Gasteiger partial charge on any atom is 0.332 e. The number of hydrogen-bond acceptors (Lipinski definition) is 6. The van der Waals surface area contributed by atoms with E-state index >= 15 is 0 Å². The number of β-lactam (4-membered cyclic amide) rings is 1. The van der Waals surface area contributed by atoms with Crippen LogP contribution >= 0.6 is 23.5 Å². The molecule has 19 heavy (non-hydrogen) atoms. The molecule has 0 bridgehead atoms. The van der Waals surface area contributed by atoms with E-state index < -0.39 is 21.6 Å². The maximum absolute atomic E-state index is 12.0. The molecule has 0 aromatic rings. The molecule has 4 N–H and O–H groups in total. The van der Waals surface area contributed by atoms with Crippen LogP contribution in [-0.2, 0) is 9.59 Å². The first-order valence-corrected chi connectivity index (χ1v) is 7.87. The van der Waals surface area contributed by atoms with Gasteiger partial charge >= 0.3 is 5.97 Å². The van der Waals surface area contributed by atoms with Crippen LogP contribution in [0.4, 0.5) is 0 Å². The van der Waals surface area contributed by atoms with Gasteiger partial charge in [-0.15, -0.1) is 23.5 Å². The molecular formula is C11H18N2O4S2. The van der Waals surface area contributed by atoms with Crippen molar-refractivity contribution in [3.05, 3.63) is 0 Å². The SMILES string of the molecule is CC(C)(O)C1C(=O)N2CC(SCCN)(C(=O)O)S[C@H]12. The lowest BCUT2D eigenvalue weighted by molar-refractivity contribution is -0.163. The standard InChI is InChI=1S/C11H18N2O4S2/c1-10(2,17)6-7(14)13-5-11(9(15)16,18-4-3-12)19-8(6)13/h6,8,17H,3-5,12H2,1-2H3,(H,15,16)/t6?,8-,11?/m1/s1. The summed E-state index contributed by atoms with van der Waals surface area (Å²) in [6.07, 6.45) is 0. The Morgan fingerprint density at radius 2 is 2.32 bits per heavy atom. The molecule has 2 rings (SSSR count). The molecule has 2 aliphatic rings. The summed E-state index contributed by atoms with van der Waals surface area (Å²) < 4.78 is -1.06. The minimum absolute atomic E-state index is 0.165. The molecule has 108 valence electrons. The molecule has 0 aromatic carbocycles. The lowest BCUT2D eigenvalue weighted by atomic mass is 9.83. The number of carboxylic acids is 1. The van der Waals surface area contributed by atoms with Gasteiger partial charge in [0.15, 0.2) is 4.08 Å². The van der Waals surface area contributed by atoms with Crippen LogP contribution in [0.3, 0.4) is 0 Å². The number of carbonyl (C=O) groups is 2. The predicted octanol–water partition coefficient (Wildman–Crippen LogP) is -0.239. The van der Waals surface area contributed by atoms with Gasteiger partial charge in [-0.3, -0.25) is 4.79 Å². The molecule has 0 radical (unpaired) electrons. The molecule has 6 nitrogen and oxygen atoms in total. The smallest absolute Gasteiger partial charge is 0.332 e. The number of carbonyl (C=O) groups excluding carboxylic acids is 1. The van der Waals surface area contributed by atoms with Gasteiger partial charge in [-0.2, -0.15) is 0 Å². The van der Waals surface area contributed by atoms with Gasteiger partial charge in [0.05, 0.1) is 23.4 Å². The van der Waals surface area contributed by atoms with Crippen molar-refractivity contribution in [2.75, 3.05) is 18.8 Å². The van der Waals surface area contributed by atoms with Crippen molar-refractivity contribution in [2.24, 2.45) is 11.7 Å². The zero-order chi connectivity index (χ0) is 14.4. The average Bonchev–Trinajstić information content (AvgIpc) is 2.60. The Balaban J connectivity index is 2.18. The van der Waals surface area contributed by atoms with Crippen molar-refractivity contribution in [3.8, 4) is 0 Å². The third-order valence-electron chi connectivity index (χ3n) is 3.37. The molecule has 0 spiro atoms. The first kappa shape index (κ1) is 15.0. The van der Waals surface area contributed by atoms with Crippen LogP contribution in [0.15, 0.2) is 0 Å². The van der Waals surface area contributed by atoms with Crippen LogP contribution in [0.5, 0.6) is 0 Å². The molecule has 2 fully saturated rings. The lowest BCUT2D eigenvalue weighted by Crippen LogP contribution is -2.63. The number of fused-ring (bicyclic) bond motifs is 1. The normalized spacial score (nSPS) is 34.1. The highest BCUT2D eigenvalue weighted by Crippen LogP contribution is 2.56. The molecule has 0 saturated carbocycles. The Morgan fingerprint density at radius 3 is 2.79 bits per heavy atom. The Bertz CT molecular complexity index is 412. The Hall–Kier alpha value is -0.440. The first-order valence-electron chi connectivity index (χ1n) is 6.01. The number of carboxylic acid groups (broad SMARTS) is 1. The fourth-order valence-corrected chi connectivity index (χ4v) is 5.63. The summed E-state index contributed by atoms with van der Waals surface area (Å²) in [5.74, 6) is -1.10. The zero-order valence-electron chi connectivity index (χ0n) is 10.8. The van der Waals surface area contributed by atoms with Gasteiger partial charge in [-0.05, 0) is 13.8 Å². The summed E-state index contributed by atoms with van der Waals surface area (Å²) in [4.78, 5) is 25.1. The van der Waals surface area contributed by atoms with Crippen molar-refractivity contribution in [2.45, 2.75) is 28.9 Å². The summed E-state index contributed by atoms with van der Waals surface area (Å²) in [6, 6.07) is 0. The lowest BCUT2D eigenvalue weighted by Gasteiger charge is -2.46. The monoisotopic (exact) mass is 306 g/mol. The Morgan fingerprint density at radius 1 is 1.68 bits per heavy atom. The van der Waals surface area contributed by atoms with Gasteiger partial charge in [0.2, 0.25) is 5.91 Å². The predicted molar refractivity (Wildman–Crippen MR) is 74.8 cm³/mol. The molecule has 2 saturated heterocycles. The number of amides is 1. The van der Waals surface area contributed by atoms with Gasteiger partial charge in [-0.25, -0.2) is 4.79 Å². The second kappa shape index (κ2) is 4.83. The third-order valence-corrected chi connectivity index (χ3v) is 6.68. The Kier molecular flexibility index (Phi) is 3.81. The average molecular weight is 306 g/mol. The summed E-state index contributed by atoms with van der Waals surface area (Å²) in [7, 11) is 0. The highest BCUT2D eigenvalue weighted by Gasteiger charge is 2.65. The van der Waals surface area contributed by atoms with Crippen LogP contribution < -0.4 is 5.73 Å². The van der Waals surface area contributed by atoms with E-state index in [1.54, 1.807) is 18.7 Å². The second-order valence-corrected chi connectivity index (χ2v) is 8.37. The molecule has 3 atom stereocenters. The van der Waals surface area contributed by atoms with Crippen LogP contribution in [0, 0.1) is 5.92 Å². The zero-order valence-corrected chi connectivity index (χ0v) is 12.5. The molecule has 8 heteroatoms. The van der Waals surface area contributed by atoms with E-state index in [1.807, 2.05) is 0 Å². The number of aliphatic hydroxyl groups is 1. The second-order valence-electron chi connectivity index (χ2n) is 5.30. The number of aliphatic carboxylic acids is 1. The molecule has 2 unspecified atom stereocenters. The van der Waals surface area contributed by atoms with Crippen molar-refractivity contribution in [3.63, 3.8) is 0 Å². The highest BCUT2D eigenvalue weighted by atomic mass is 32.2. The van der Waals surface area contributed by atoms with Crippen molar-refractivity contribution < 1.29 is 19.8 Å². The van der Waals surface area contributed by atoms with Crippen molar-refractivity contribution in [1.29, 1.82) is 0 Å². The minimum Gasteiger partial charge on any atom is -0.480 e. The quantitative estimate of drug-likeness (QED) is 0.602. The number of nitrogens with zero attached hydrogens (tertiary/aromatic N) is 1. The van der Waals surface area contributed by atoms with E-state index in [9.17, 15) is 19.8 Å². The maximum atomic E-state index is 12.0. The van der Waals surface area contributed by atoms with Gasteiger partial charge in [-0.1, -0.05) is 0 Å². The molecule has 0 aliphatic carbocycles. The van der Waals surface area contributed by atoms with Gasteiger partial charge < -0.3 is 20.8 Å². The fourth-order valence-electron chi connectivity index (χ4n) is 2.41. The topological polar surface area (TPSA) is 104 Å². The number of rotatable bonds is 5. The van der Waals surface area contributed by atoms with Gasteiger partial charge in [0.1, 0.15) is 0 Å². The van der Waals surface area contributed by atoms with E-state index in [4.69, 9.17) is 5.73 Å². The van der Waals surface area contributed by atoms with E-state index in [0.29, 0.717) is 12.3 Å². The largest absolute Gasteiger partial charge is 0.480 e.